The summed E-state index contributed by atoms with van der Waals surface area (Å²) in [7, 11) is -2.51. The van der Waals surface area contributed by atoms with Gasteiger partial charge in [0.2, 0.25) is 14.2 Å². The molecule has 0 aromatic heterocycles. The maximum atomic E-state index is 14.1. The molecule has 6 heteroatoms. The predicted octanol–water partition coefficient (Wildman–Crippen LogP) is 3.97. The number of nitrogens with zero attached hydrogens (tertiary/aromatic N) is 1. The van der Waals surface area contributed by atoms with Crippen LogP contribution in [0, 0.1) is 5.41 Å². The van der Waals surface area contributed by atoms with E-state index < -0.39 is 26.8 Å². The molecule has 26 heavy (non-hydrogen) atoms. The van der Waals surface area contributed by atoms with Crippen molar-refractivity contribution in [2.75, 3.05) is 13.7 Å². The zero-order valence-corrected chi connectivity index (χ0v) is 19.5. The third-order valence-electron chi connectivity index (χ3n) is 8.41. The third kappa shape index (κ3) is 1.45. The van der Waals surface area contributed by atoms with Crippen LogP contribution in [-0.2, 0) is 14.0 Å². The van der Waals surface area contributed by atoms with Crippen molar-refractivity contribution in [2.24, 2.45) is 5.41 Å². The van der Waals surface area contributed by atoms with Crippen LogP contribution >= 0.6 is 0 Å². The van der Waals surface area contributed by atoms with Crippen LogP contribution in [-0.4, -0.2) is 52.7 Å². The van der Waals surface area contributed by atoms with Crippen LogP contribution in [0.4, 0.5) is 0 Å². The van der Waals surface area contributed by atoms with Gasteiger partial charge in [0, 0.05) is 12.1 Å². The van der Waals surface area contributed by atoms with Gasteiger partial charge in [-0.1, -0.05) is 59.5 Å². The molecule has 5 aliphatic rings. The van der Waals surface area contributed by atoms with Gasteiger partial charge in [0.1, 0.15) is 11.2 Å². The van der Waals surface area contributed by atoms with Gasteiger partial charge in [-0.25, -0.2) is 0 Å². The van der Waals surface area contributed by atoms with Crippen molar-refractivity contribution >= 4 is 28.1 Å². The minimum atomic E-state index is -2.53. The van der Waals surface area contributed by atoms with Gasteiger partial charge in [0.25, 0.3) is 0 Å². The molecule has 144 valence electrons. The van der Waals surface area contributed by atoms with Gasteiger partial charge in [0.05, 0.1) is 25.8 Å². The average molecular weight is 392 g/mol. The molecule has 2 spiro atoms. The van der Waals surface area contributed by atoms with Gasteiger partial charge in [0.15, 0.2) is 0 Å². The highest BCUT2D eigenvalue weighted by atomic mass is 28.4. The number of carbonyl (C=O) groups excluding carboxylic acids is 2. The van der Waals surface area contributed by atoms with Gasteiger partial charge in [-0.05, 0) is 17.5 Å². The van der Waals surface area contributed by atoms with E-state index in [4.69, 9.17) is 4.43 Å². The van der Waals surface area contributed by atoms with Gasteiger partial charge in [-0.15, -0.1) is 0 Å². The van der Waals surface area contributed by atoms with Gasteiger partial charge in [-0.2, -0.15) is 0 Å². The van der Waals surface area contributed by atoms with E-state index in [0.29, 0.717) is 23.5 Å². The highest BCUT2D eigenvalue weighted by Gasteiger charge is 2.98. The summed E-state index contributed by atoms with van der Waals surface area (Å²) in [6, 6.07) is 0.0554. The van der Waals surface area contributed by atoms with E-state index >= 15 is 0 Å². The Labute approximate surface area is 159 Å². The molecule has 0 unspecified atom stereocenters. The van der Waals surface area contributed by atoms with Crippen molar-refractivity contribution in [3.8, 4) is 0 Å². The monoisotopic (exact) mass is 391 g/mol. The second kappa shape index (κ2) is 4.81. The molecule has 3 aliphatic heterocycles. The Morgan fingerprint density at radius 2 is 1.77 bits per heavy atom. The topological polar surface area (TPSA) is 46.6 Å². The smallest absolute Gasteiger partial charge is 0.235 e. The lowest BCUT2D eigenvalue weighted by Gasteiger charge is -2.46. The minimum absolute atomic E-state index is 0.0554. The second-order valence-electron chi connectivity index (χ2n) is 10.6. The number of carbonyl (C=O) groups is 2. The second-order valence-corrected chi connectivity index (χ2v) is 20.9. The standard InChI is InChI=1S/C20H33NO3Si2/c1-13(2)26(14(3)4)20-16(22)19(20,25(6,7)8)11-15-9-10-18(20,12-24-26)17(23)21(15)5/h9-10,13-15H,11-12H2,1-8H3/t15-,18+,19-,20+/m0/s1. The summed E-state index contributed by atoms with van der Waals surface area (Å²) in [4.78, 5) is 29.7. The minimum Gasteiger partial charge on any atom is -0.414 e. The maximum Gasteiger partial charge on any atom is 0.235 e. The van der Waals surface area contributed by atoms with Crippen LogP contribution in [0.1, 0.15) is 34.1 Å². The van der Waals surface area contributed by atoms with E-state index in [2.05, 4.69) is 59.5 Å². The number of hydrogen-bond acceptors (Lipinski definition) is 3. The van der Waals surface area contributed by atoms with Crippen molar-refractivity contribution in [3.63, 3.8) is 0 Å². The molecule has 0 aromatic rings. The number of amides is 1. The van der Waals surface area contributed by atoms with E-state index in [9.17, 15) is 9.59 Å². The molecular weight excluding hydrogens is 358 g/mol. The third-order valence-corrected chi connectivity index (χ3v) is 18.4. The Bertz CT molecular complexity index is 732. The molecule has 3 fully saturated rings. The highest BCUT2D eigenvalue weighted by molar-refractivity contribution is 6.98. The lowest BCUT2D eigenvalue weighted by Crippen LogP contribution is -2.55. The molecule has 4 nitrogen and oxygen atoms in total. The molecule has 1 saturated carbocycles. The van der Waals surface area contributed by atoms with Crippen LogP contribution in [0.5, 0.6) is 0 Å². The summed E-state index contributed by atoms with van der Waals surface area (Å²) in [6.07, 6.45) is 5.13. The average Bonchev–Trinajstić information content (AvgIpc) is 3.00. The van der Waals surface area contributed by atoms with Crippen LogP contribution in [0.15, 0.2) is 12.2 Å². The first-order valence-corrected chi connectivity index (χ1v) is 15.6. The fraction of sp³-hybridized carbons (Fsp3) is 0.800. The summed E-state index contributed by atoms with van der Waals surface area (Å²) < 4.78 is 6.78. The van der Waals surface area contributed by atoms with Crippen molar-refractivity contribution in [3.05, 3.63) is 12.2 Å². The molecule has 0 N–H and O–H groups in total. The molecule has 2 aliphatic carbocycles. The normalized spacial score (nSPS) is 43.2. The summed E-state index contributed by atoms with van der Waals surface area (Å²) in [5.41, 5.74) is -0.132. The van der Waals surface area contributed by atoms with Crippen LogP contribution in [0.2, 0.25) is 40.8 Å². The van der Waals surface area contributed by atoms with Crippen LogP contribution in [0.3, 0.4) is 0 Å². The predicted molar refractivity (Wildman–Crippen MR) is 108 cm³/mol. The number of fused-ring (bicyclic) bond motifs is 1. The summed E-state index contributed by atoms with van der Waals surface area (Å²) in [5, 5.41) is -0.890. The molecule has 5 rings (SSSR count). The first-order chi connectivity index (χ1) is 11.9. The quantitative estimate of drug-likeness (QED) is 0.540. The summed E-state index contributed by atoms with van der Waals surface area (Å²) >= 11 is 0. The molecule has 3 heterocycles. The molecule has 0 aromatic carbocycles. The fourth-order valence-electron chi connectivity index (χ4n) is 7.50. The molecular formula is C20H33NO3Si2. The Kier molecular flexibility index (Phi) is 3.45. The maximum absolute atomic E-state index is 14.1. The zero-order chi connectivity index (χ0) is 19.5. The SMILES string of the molecule is CC(C)[Si]1(C(C)C)OC[C@@]23C=C[C@@H](C[C@]4([Si](C)(C)C)C(=O)[C@]421)N(C)C3=O. The number of likely N-dealkylation sites (N-methyl/N-ethyl adjacent to an activating group) is 1. The van der Waals surface area contributed by atoms with E-state index in [0.717, 1.165) is 6.42 Å². The van der Waals surface area contributed by atoms with E-state index in [-0.39, 0.29) is 17.0 Å². The lowest BCUT2D eigenvalue weighted by molar-refractivity contribution is -0.141. The van der Waals surface area contributed by atoms with Crippen LogP contribution < -0.4 is 0 Å². The van der Waals surface area contributed by atoms with Crippen LogP contribution in [0.25, 0.3) is 0 Å². The van der Waals surface area contributed by atoms with Crippen molar-refractivity contribution in [1.82, 2.24) is 4.90 Å². The lowest BCUT2D eigenvalue weighted by atomic mass is 9.79. The van der Waals surface area contributed by atoms with Gasteiger partial charge in [-0.3, -0.25) is 9.59 Å². The zero-order valence-electron chi connectivity index (χ0n) is 17.5. The highest BCUT2D eigenvalue weighted by Crippen LogP contribution is 2.93. The van der Waals surface area contributed by atoms with E-state index in [1.165, 1.54) is 0 Å². The fourth-order valence-corrected chi connectivity index (χ4v) is 19.2. The van der Waals surface area contributed by atoms with Gasteiger partial charge >= 0.3 is 0 Å². The molecule has 2 bridgehead atoms. The Morgan fingerprint density at radius 1 is 1.19 bits per heavy atom. The molecule has 4 atom stereocenters. The summed E-state index contributed by atoms with van der Waals surface area (Å²) in [6.45, 7) is 16.3. The number of Topliss-reactive ketones (excluding diaryl/α,β-unsaturated/α-hetero) is 1. The summed E-state index contributed by atoms with van der Waals surface area (Å²) in [5.74, 6) is 0.526. The molecule has 2 saturated heterocycles. The number of rotatable bonds is 3. The van der Waals surface area contributed by atoms with Crippen molar-refractivity contribution in [2.45, 2.75) is 81.0 Å². The molecule has 0 radical (unpaired) electrons. The number of ketones is 1. The Hall–Kier alpha value is -0.726. The number of hydrogen-bond donors (Lipinski definition) is 0. The van der Waals surface area contributed by atoms with Crippen molar-refractivity contribution in [1.29, 1.82) is 0 Å². The van der Waals surface area contributed by atoms with E-state index in [1.807, 2.05) is 11.9 Å². The first kappa shape index (κ1) is 18.6. The Morgan fingerprint density at radius 3 is 2.27 bits per heavy atom. The first-order valence-electron chi connectivity index (χ1n) is 10.0. The largest absolute Gasteiger partial charge is 0.414 e. The Balaban J connectivity index is 2.12. The van der Waals surface area contributed by atoms with E-state index in [1.54, 1.807) is 0 Å². The molecule has 1 amide bonds. The van der Waals surface area contributed by atoms with Crippen molar-refractivity contribution < 1.29 is 14.0 Å². The van der Waals surface area contributed by atoms with Gasteiger partial charge < -0.3 is 9.33 Å².